The van der Waals surface area contributed by atoms with Crippen molar-refractivity contribution < 1.29 is 37.3 Å². The summed E-state index contributed by atoms with van der Waals surface area (Å²) in [6.45, 7) is 3.27. The van der Waals surface area contributed by atoms with Gasteiger partial charge >= 0.3 is 0 Å². The highest BCUT2D eigenvalue weighted by molar-refractivity contribution is 7.92. The molecule has 0 unspecified atom stereocenters. The molecular formula is C25H28ClF2NO6S. The van der Waals surface area contributed by atoms with Crippen molar-refractivity contribution in [2.45, 2.75) is 61.1 Å². The minimum atomic E-state index is -4.06. The van der Waals surface area contributed by atoms with E-state index in [1.165, 1.54) is 25.1 Å². The van der Waals surface area contributed by atoms with Crippen LogP contribution in [0.25, 0.3) is 0 Å². The highest BCUT2D eigenvalue weighted by atomic mass is 35.5. The molecule has 4 N–H and O–H groups in total. The van der Waals surface area contributed by atoms with Crippen molar-refractivity contribution in [3.63, 3.8) is 0 Å². The Kier molecular flexibility index (Phi) is 7.22. The summed E-state index contributed by atoms with van der Waals surface area (Å²) in [5.74, 6) is -4.13. The summed E-state index contributed by atoms with van der Waals surface area (Å²) in [6.07, 6.45) is -1.97. The SMILES string of the molecule is C[C@@H](O)[C@@H](O)[C@@]1(O)[C@H]2C[C@@H](S(=O)(=O)c3cc(C(=O)Nc4ccc(F)c(F)c4)ccc3Cl)C[C@@H]1[C@@H](C)C2. The summed E-state index contributed by atoms with van der Waals surface area (Å²) in [7, 11) is -4.06. The Balaban J connectivity index is 1.61. The van der Waals surface area contributed by atoms with Gasteiger partial charge in [0.25, 0.3) is 5.91 Å². The molecule has 0 heterocycles. The summed E-state index contributed by atoms with van der Waals surface area (Å²) in [4.78, 5) is 12.5. The van der Waals surface area contributed by atoms with E-state index in [-0.39, 0.29) is 39.9 Å². The minimum Gasteiger partial charge on any atom is -0.391 e. The monoisotopic (exact) mass is 543 g/mol. The predicted octanol–water partition coefficient (Wildman–Crippen LogP) is 3.55. The fraction of sp³-hybridized carbons (Fsp3) is 0.480. The summed E-state index contributed by atoms with van der Waals surface area (Å²) >= 11 is 6.24. The maximum absolute atomic E-state index is 13.7. The standard InChI is InChI=1S/C25H28ClF2NO6S/c1-12-7-15-9-17(11-18(12)25(15,33)23(31)13(2)30)36(34,35)22-8-14(3-5-19(22)26)24(32)29-16-4-6-20(27)21(28)10-16/h3-6,8,10,12-13,15,17-18,23,30-31,33H,7,9,11H2,1-2H3,(H,29,32)/t12-,13+,15+,17+,18+,23+,25+/m0/s1. The molecule has 4 rings (SSSR count). The Morgan fingerprint density at radius 2 is 1.81 bits per heavy atom. The second kappa shape index (κ2) is 9.64. The van der Waals surface area contributed by atoms with Crippen LogP contribution in [0.3, 0.4) is 0 Å². The molecule has 7 nitrogen and oxygen atoms in total. The molecule has 2 fully saturated rings. The Bertz CT molecular complexity index is 1290. The molecule has 0 radical (unpaired) electrons. The van der Waals surface area contributed by atoms with Crippen LogP contribution >= 0.6 is 11.6 Å². The van der Waals surface area contributed by atoms with Crippen LogP contribution in [0.4, 0.5) is 14.5 Å². The number of amides is 1. The third-order valence-corrected chi connectivity index (χ3v) is 10.4. The van der Waals surface area contributed by atoms with Crippen LogP contribution in [0.15, 0.2) is 41.3 Å². The second-order valence-corrected chi connectivity index (χ2v) is 12.6. The van der Waals surface area contributed by atoms with Crippen molar-refractivity contribution in [2.75, 3.05) is 5.32 Å². The number of halogens is 3. The maximum atomic E-state index is 13.7. The number of nitrogens with one attached hydrogen (secondary N) is 1. The lowest BCUT2D eigenvalue weighted by Gasteiger charge is -2.46. The van der Waals surface area contributed by atoms with E-state index in [4.69, 9.17) is 11.6 Å². The summed E-state index contributed by atoms with van der Waals surface area (Å²) in [5, 5.41) is 33.2. The van der Waals surface area contributed by atoms with Gasteiger partial charge in [-0.05, 0) is 74.3 Å². The van der Waals surface area contributed by atoms with Gasteiger partial charge in [0.15, 0.2) is 21.5 Å². The Morgan fingerprint density at radius 3 is 2.42 bits per heavy atom. The molecule has 1 amide bonds. The van der Waals surface area contributed by atoms with Crippen LogP contribution in [0.1, 0.15) is 43.5 Å². The molecule has 0 spiro atoms. The third kappa shape index (κ3) is 4.54. The predicted molar refractivity (Wildman–Crippen MR) is 129 cm³/mol. The van der Waals surface area contributed by atoms with Crippen molar-refractivity contribution in [1.29, 1.82) is 0 Å². The molecule has 196 valence electrons. The van der Waals surface area contributed by atoms with Crippen molar-refractivity contribution >= 4 is 33.0 Å². The van der Waals surface area contributed by atoms with E-state index in [1.54, 1.807) is 0 Å². The number of fused-ring (bicyclic) bond motifs is 2. The average molecular weight is 544 g/mol. The average Bonchev–Trinajstić information content (AvgIpc) is 2.94. The number of aliphatic hydroxyl groups is 3. The quantitative estimate of drug-likeness (QED) is 0.442. The Morgan fingerprint density at radius 1 is 1.11 bits per heavy atom. The largest absolute Gasteiger partial charge is 0.391 e. The summed E-state index contributed by atoms with van der Waals surface area (Å²) in [6, 6.07) is 6.58. The Labute approximate surface area is 213 Å². The number of benzene rings is 2. The molecule has 2 aliphatic carbocycles. The number of hydrogen-bond donors (Lipinski definition) is 4. The van der Waals surface area contributed by atoms with Crippen LogP contribution in [-0.2, 0) is 9.84 Å². The minimum absolute atomic E-state index is 0.00736. The van der Waals surface area contributed by atoms with Gasteiger partial charge in [-0.3, -0.25) is 4.79 Å². The first kappa shape index (κ1) is 26.9. The molecule has 2 aromatic carbocycles. The molecule has 0 aliphatic heterocycles. The van der Waals surface area contributed by atoms with Crippen LogP contribution in [0, 0.1) is 29.4 Å². The maximum Gasteiger partial charge on any atom is 0.255 e. The molecule has 2 bridgehead atoms. The van der Waals surface area contributed by atoms with Gasteiger partial charge in [-0.25, -0.2) is 17.2 Å². The van der Waals surface area contributed by atoms with Gasteiger partial charge in [0.2, 0.25) is 0 Å². The number of sulfone groups is 1. The van der Waals surface area contributed by atoms with Crippen LogP contribution in [0.2, 0.25) is 5.02 Å². The zero-order chi connectivity index (χ0) is 26.6. The first-order chi connectivity index (χ1) is 16.8. The van der Waals surface area contributed by atoms with Gasteiger partial charge in [0, 0.05) is 17.3 Å². The van der Waals surface area contributed by atoms with Crippen LogP contribution in [0.5, 0.6) is 0 Å². The van der Waals surface area contributed by atoms with Crippen molar-refractivity contribution in [3.05, 3.63) is 58.6 Å². The third-order valence-electron chi connectivity index (χ3n) is 7.70. The van der Waals surface area contributed by atoms with E-state index < -0.39 is 62.3 Å². The number of aliphatic hydroxyl groups excluding tert-OH is 2. The number of anilines is 1. The fourth-order valence-corrected chi connectivity index (χ4v) is 8.26. The number of rotatable bonds is 6. The Hall–Kier alpha value is -2.11. The summed E-state index contributed by atoms with van der Waals surface area (Å²) in [5.41, 5.74) is -1.65. The van der Waals surface area contributed by atoms with Crippen LogP contribution < -0.4 is 5.32 Å². The van der Waals surface area contributed by atoms with Gasteiger partial charge in [0.05, 0.1) is 26.9 Å². The smallest absolute Gasteiger partial charge is 0.255 e. The molecular weight excluding hydrogens is 516 g/mol. The number of carbonyl (C=O) groups excluding carboxylic acids is 1. The van der Waals surface area contributed by atoms with E-state index in [1.807, 2.05) is 6.92 Å². The molecule has 2 aromatic rings. The van der Waals surface area contributed by atoms with E-state index >= 15 is 0 Å². The molecule has 7 atom stereocenters. The van der Waals surface area contributed by atoms with Gasteiger partial charge in [-0.15, -0.1) is 0 Å². The van der Waals surface area contributed by atoms with E-state index in [0.29, 0.717) is 6.42 Å². The molecule has 11 heteroatoms. The second-order valence-electron chi connectivity index (χ2n) is 9.96. The first-order valence-corrected chi connectivity index (χ1v) is 13.6. The number of hydrogen-bond acceptors (Lipinski definition) is 6. The zero-order valence-electron chi connectivity index (χ0n) is 19.7. The fourth-order valence-electron chi connectivity index (χ4n) is 5.88. The van der Waals surface area contributed by atoms with Crippen molar-refractivity contribution in [1.82, 2.24) is 0 Å². The molecule has 2 aliphatic rings. The lowest BCUT2D eigenvalue weighted by atomic mass is 9.69. The molecule has 0 saturated heterocycles. The highest BCUT2D eigenvalue weighted by Gasteiger charge is 2.62. The van der Waals surface area contributed by atoms with Crippen molar-refractivity contribution in [2.24, 2.45) is 17.8 Å². The van der Waals surface area contributed by atoms with Gasteiger partial charge in [-0.2, -0.15) is 0 Å². The number of carbonyl (C=O) groups is 1. The molecule has 2 saturated carbocycles. The van der Waals surface area contributed by atoms with Gasteiger partial charge < -0.3 is 20.6 Å². The highest BCUT2D eigenvalue weighted by Crippen LogP contribution is 2.56. The normalized spacial score (nSPS) is 29.6. The first-order valence-electron chi connectivity index (χ1n) is 11.6. The van der Waals surface area contributed by atoms with Crippen molar-refractivity contribution in [3.8, 4) is 0 Å². The lowest BCUT2D eigenvalue weighted by Crippen LogP contribution is -2.59. The molecule has 0 aromatic heterocycles. The lowest BCUT2D eigenvalue weighted by molar-refractivity contribution is -0.175. The van der Waals surface area contributed by atoms with Gasteiger partial charge in [0.1, 0.15) is 6.10 Å². The van der Waals surface area contributed by atoms with E-state index in [2.05, 4.69) is 5.32 Å². The van der Waals surface area contributed by atoms with Gasteiger partial charge in [-0.1, -0.05) is 18.5 Å². The topological polar surface area (TPSA) is 124 Å². The van der Waals surface area contributed by atoms with E-state index in [9.17, 15) is 37.3 Å². The zero-order valence-corrected chi connectivity index (χ0v) is 21.2. The van der Waals surface area contributed by atoms with Crippen LogP contribution in [-0.4, -0.2) is 52.7 Å². The van der Waals surface area contributed by atoms with E-state index in [0.717, 1.165) is 18.2 Å². The summed E-state index contributed by atoms with van der Waals surface area (Å²) < 4.78 is 54.0. The molecule has 36 heavy (non-hydrogen) atoms.